The van der Waals surface area contributed by atoms with Gasteiger partial charge in [0.15, 0.2) is 35.9 Å². The van der Waals surface area contributed by atoms with Crippen molar-refractivity contribution in [2.24, 2.45) is 5.92 Å². The molecule has 6 rings (SSSR count). The third-order valence-corrected chi connectivity index (χ3v) is 10.8. The highest BCUT2D eigenvalue weighted by atomic mass is 32.2. The highest BCUT2D eigenvalue weighted by molar-refractivity contribution is 8.00. The number of methoxy groups -OCH3 is 2. The van der Waals surface area contributed by atoms with Crippen molar-refractivity contribution in [2.45, 2.75) is 86.3 Å². The van der Waals surface area contributed by atoms with Crippen molar-refractivity contribution in [1.82, 2.24) is 4.90 Å². The van der Waals surface area contributed by atoms with Gasteiger partial charge in [-0.15, -0.1) is 11.8 Å². The first-order valence-corrected chi connectivity index (χ1v) is 15.6. The van der Waals surface area contributed by atoms with E-state index >= 15 is 0 Å². The van der Waals surface area contributed by atoms with E-state index in [0.717, 1.165) is 32.1 Å². The van der Waals surface area contributed by atoms with Gasteiger partial charge in [0.25, 0.3) is 0 Å². The summed E-state index contributed by atoms with van der Waals surface area (Å²) in [6.07, 6.45) is 0.338. The predicted octanol–water partition coefficient (Wildman–Crippen LogP) is 1.94. The molecule has 6 unspecified atom stereocenters. The minimum atomic E-state index is -1.45. The van der Waals surface area contributed by atoms with E-state index < -0.39 is 53.7 Å². The van der Waals surface area contributed by atoms with Gasteiger partial charge in [-0.25, -0.2) is 4.79 Å². The molecule has 1 spiro atoms. The van der Waals surface area contributed by atoms with Crippen molar-refractivity contribution < 1.29 is 52.3 Å². The molecule has 3 heterocycles. The molecule has 2 aliphatic carbocycles. The lowest BCUT2D eigenvalue weighted by molar-refractivity contribution is -0.235. The summed E-state index contributed by atoms with van der Waals surface area (Å²) < 4.78 is 40.5. The van der Waals surface area contributed by atoms with E-state index in [1.165, 1.54) is 43.8 Å². The predicted molar refractivity (Wildman–Crippen MR) is 155 cm³/mol. The number of likely N-dealkylation sites (tertiary alicyclic amines) is 1. The van der Waals surface area contributed by atoms with Crippen molar-refractivity contribution in [3.8, 4) is 11.5 Å². The number of carbonyl (C=O) groups is 4. The quantitative estimate of drug-likeness (QED) is 0.247. The van der Waals surface area contributed by atoms with E-state index in [1.807, 2.05) is 6.07 Å². The van der Waals surface area contributed by atoms with Crippen molar-refractivity contribution in [3.05, 3.63) is 35.4 Å². The zero-order valence-corrected chi connectivity index (χ0v) is 26.3. The summed E-state index contributed by atoms with van der Waals surface area (Å²) in [4.78, 5) is 52.1. The molecule has 1 aromatic carbocycles. The number of ether oxygens (including phenoxy) is 7. The molecule has 0 N–H and O–H groups in total. The summed E-state index contributed by atoms with van der Waals surface area (Å²) in [6, 6.07) is 4.38. The number of thioether (sulfide) groups is 1. The van der Waals surface area contributed by atoms with E-state index in [-0.39, 0.29) is 22.7 Å². The molecule has 0 saturated carbocycles. The Bertz CT molecular complexity index is 1400. The van der Waals surface area contributed by atoms with Gasteiger partial charge in [-0.05, 0) is 38.1 Å². The number of hydrogen-bond acceptors (Lipinski definition) is 13. The molecular weight excluding hydrogens is 594 g/mol. The van der Waals surface area contributed by atoms with Crippen LogP contribution in [0.5, 0.6) is 11.5 Å². The van der Waals surface area contributed by atoms with Crippen LogP contribution in [0.25, 0.3) is 0 Å². The second-order valence-corrected chi connectivity index (χ2v) is 13.2. The summed E-state index contributed by atoms with van der Waals surface area (Å²) >= 11 is 1.30. The minimum absolute atomic E-state index is 0.199. The molecular formula is C31H37NO11S. The number of benzene rings is 1. The van der Waals surface area contributed by atoms with Crippen LogP contribution in [0.3, 0.4) is 0 Å². The van der Waals surface area contributed by atoms with Crippen LogP contribution in [0.15, 0.2) is 24.3 Å². The number of rotatable bonds is 7. The van der Waals surface area contributed by atoms with Gasteiger partial charge in [0.05, 0.1) is 19.5 Å². The van der Waals surface area contributed by atoms with Crippen molar-refractivity contribution in [3.63, 3.8) is 0 Å². The average molecular weight is 632 g/mol. The Balaban J connectivity index is 1.41. The summed E-state index contributed by atoms with van der Waals surface area (Å²) in [5.74, 6) is -1.34. The fourth-order valence-electron chi connectivity index (χ4n) is 7.83. The van der Waals surface area contributed by atoms with Crippen molar-refractivity contribution >= 4 is 35.6 Å². The maximum atomic E-state index is 13.0. The van der Waals surface area contributed by atoms with Crippen molar-refractivity contribution in [1.29, 1.82) is 0 Å². The lowest BCUT2D eigenvalue weighted by atomic mass is 9.53. The SMILES string of the molecule is COC(=O)[C@H]1OC(SC2C=CC3C4Cc5ccc(OC)c6c5C3(CCN4C)C2O6)[C@H](OC(C)=O)[C@@H](OC(C)=O)[C@H]1OC(C)=O. The largest absolute Gasteiger partial charge is 0.493 e. The van der Waals surface area contributed by atoms with Crippen LogP contribution in [0.1, 0.15) is 38.3 Å². The van der Waals surface area contributed by atoms with Gasteiger partial charge in [0, 0.05) is 43.7 Å². The van der Waals surface area contributed by atoms with Crippen LogP contribution < -0.4 is 9.47 Å². The molecule has 44 heavy (non-hydrogen) atoms. The Kier molecular flexibility index (Phi) is 8.08. The zero-order valence-electron chi connectivity index (χ0n) is 25.5. The Labute approximate surface area is 259 Å². The molecule has 2 saturated heterocycles. The van der Waals surface area contributed by atoms with Crippen LogP contribution in [0.4, 0.5) is 0 Å². The van der Waals surface area contributed by atoms with Gasteiger partial charge >= 0.3 is 23.9 Å². The fourth-order valence-corrected chi connectivity index (χ4v) is 9.31. The van der Waals surface area contributed by atoms with Crippen molar-refractivity contribution in [2.75, 3.05) is 27.8 Å². The summed E-state index contributed by atoms with van der Waals surface area (Å²) in [7, 11) is 4.97. The van der Waals surface area contributed by atoms with Gasteiger partial charge in [-0.1, -0.05) is 18.2 Å². The van der Waals surface area contributed by atoms with Gasteiger partial charge in [0.1, 0.15) is 11.5 Å². The molecule has 10 atom stereocenters. The molecule has 1 aromatic rings. The smallest absolute Gasteiger partial charge is 0.339 e. The first-order chi connectivity index (χ1) is 21.0. The number of likely N-dealkylation sites (N-methyl/N-ethyl adjacent to an activating group) is 1. The summed E-state index contributed by atoms with van der Waals surface area (Å²) in [6.45, 7) is 4.44. The van der Waals surface area contributed by atoms with Gasteiger partial charge < -0.3 is 38.1 Å². The monoisotopic (exact) mass is 631 g/mol. The maximum absolute atomic E-state index is 13.0. The third kappa shape index (κ3) is 4.83. The number of esters is 4. The normalized spacial score (nSPS) is 36.4. The third-order valence-electron chi connectivity index (χ3n) is 9.46. The molecule has 12 nitrogen and oxygen atoms in total. The van der Waals surface area contributed by atoms with E-state index in [9.17, 15) is 19.2 Å². The second kappa shape index (κ2) is 11.6. The number of piperidine rings is 1. The number of hydrogen-bond donors (Lipinski definition) is 0. The van der Waals surface area contributed by atoms with E-state index in [1.54, 1.807) is 7.11 Å². The standard InChI is InChI=1S/C31H37NO11S/c1-14(33)39-24-25(40-15(2)34)27(41-16(3)35)30(43-26(24)29(36)38-6)44-21-10-8-18-19-13-17-7-9-20(37-5)23-22(17)31(18,28(21)42-23)11-12-32(19)4/h7-10,18-19,21,24-28,30H,11-13H2,1-6H3/t18?,19?,21?,24-,25+,26+,27-,28?,30?,31?/m1/s1. The van der Waals surface area contributed by atoms with Crippen LogP contribution in [0, 0.1) is 5.92 Å². The molecule has 2 fully saturated rings. The Morgan fingerprint density at radius 3 is 2.30 bits per heavy atom. The molecule has 2 bridgehead atoms. The van der Waals surface area contributed by atoms with Gasteiger partial charge in [-0.2, -0.15) is 0 Å². The molecule has 0 amide bonds. The van der Waals surface area contributed by atoms with E-state index in [0.29, 0.717) is 11.8 Å². The highest BCUT2D eigenvalue weighted by Crippen LogP contribution is 2.63. The van der Waals surface area contributed by atoms with Crippen LogP contribution in [-0.4, -0.2) is 104 Å². The molecule has 0 aromatic heterocycles. The lowest BCUT2D eigenvalue weighted by Crippen LogP contribution is -2.65. The van der Waals surface area contributed by atoms with Crippen LogP contribution in [0.2, 0.25) is 0 Å². The van der Waals surface area contributed by atoms with E-state index in [4.69, 9.17) is 33.2 Å². The average Bonchev–Trinajstić information content (AvgIpc) is 3.32. The zero-order chi connectivity index (χ0) is 31.5. The Morgan fingerprint density at radius 2 is 1.64 bits per heavy atom. The second-order valence-electron chi connectivity index (χ2n) is 11.9. The highest BCUT2D eigenvalue weighted by Gasteiger charge is 2.65. The summed E-state index contributed by atoms with van der Waals surface area (Å²) in [5.41, 5.74) is 1.07. The first kappa shape index (κ1) is 30.7. The fraction of sp³-hybridized carbons (Fsp3) is 0.613. The lowest BCUT2D eigenvalue weighted by Gasteiger charge is -2.57. The molecule has 238 valence electrons. The number of nitrogens with zero attached hydrogens (tertiary/aromatic N) is 1. The van der Waals surface area contributed by atoms with Gasteiger partial charge in [-0.3, -0.25) is 14.4 Å². The van der Waals surface area contributed by atoms with Crippen LogP contribution in [-0.2, 0) is 54.7 Å². The van der Waals surface area contributed by atoms with Gasteiger partial charge in [0.2, 0.25) is 0 Å². The maximum Gasteiger partial charge on any atom is 0.339 e. The molecule has 3 aliphatic heterocycles. The molecule has 0 radical (unpaired) electrons. The van der Waals surface area contributed by atoms with E-state index in [2.05, 4.69) is 30.2 Å². The van der Waals surface area contributed by atoms with Crippen LogP contribution >= 0.6 is 11.8 Å². The summed E-state index contributed by atoms with van der Waals surface area (Å²) in [5, 5.41) is -0.331. The Hall–Kier alpha value is -3.29. The molecule has 13 heteroatoms. The first-order valence-electron chi connectivity index (χ1n) is 14.7. The topological polar surface area (TPSA) is 136 Å². The minimum Gasteiger partial charge on any atom is -0.493 e. The molecule has 5 aliphatic rings. The Morgan fingerprint density at radius 1 is 0.955 bits per heavy atom. The number of carbonyl (C=O) groups excluding carboxylic acids is 4.